The van der Waals surface area contributed by atoms with Gasteiger partial charge in [0.15, 0.2) is 11.9 Å². The summed E-state index contributed by atoms with van der Waals surface area (Å²) in [5.74, 6) is -2.42. The molecule has 0 bridgehead atoms. The first kappa shape index (κ1) is 48.2. The van der Waals surface area contributed by atoms with Gasteiger partial charge >= 0.3 is 17.9 Å². The van der Waals surface area contributed by atoms with Crippen LogP contribution in [-0.4, -0.2) is 134 Å². The van der Waals surface area contributed by atoms with Crippen molar-refractivity contribution in [3.8, 4) is 5.75 Å². The number of rotatable bonds is 11. The fourth-order valence-electron chi connectivity index (χ4n) is 16.5. The van der Waals surface area contributed by atoms with Gasteiger partial charge in [0, 0.05) is 67.3 Å². The van der Waals surface area contributed by atoms with E-state index in [1.807, 2.05) is 44.9 Å². The lowest BCUT2D eigenvalue weighted by atomic mass is 9.46. The van der Waals surface area contributed by atoms with Gasteiger partial charge in [0.2, 0.25) is 5.60 Å². The Hall–Kier alpha value is -5.12. The molecule has 3 aromatic rings. The minimum Gasteiger partial charge on any atom is -0.496 e. The Bertz CT molecular complexity index is 2730. The maximum absolute atomic E-state index is 16.0. The van der Waals surface area contributed by atoms with Crippen LogP contribution in [-0.2, 0) is 60.9 Å². The zero-order valence-electron chi connectivity index (χ0n) is 42.8. The topological polar surface area (TPSA) is 149 Å². The van der Waals surface area contributed by atoms with E-state index < -0.39 is 68.7 Å². The number of aliphatic imine (C=N–C) groups is 1. The second-order valence-corrected chi connectivity index (χ2v) is 22.3. The zero-order chi connectivity index (χ0) is 50.1. The SMILES string of the molecule is CC[C@]1(C[C@H]2C[C@](C(=O)OC)(c3cc4c(cc3OC)N(C)[C@H]3[C@@](O)(C(=O)OC)[C@H](OC(C)=O)[C@]5(CC)C=CCN6CC[C@]43[C@@H]65)C3=Nc4ccccc4[C@]34CCCN(Cc3ccccc3)[C@H]24)COC(C)(C)O1. The Labute approximate surface area is 417 Å². The monoisotopic (exact) mass is 971 g/mol. The number of likely N-dealkylation sites (tertiary alicyclic amines) is 1. The summed E-state index contributed by atoms with van der Waals surface area (Å²) in [6, 6.07) is 21.8. The number of benzene rings is 3. The lowest BCUT2D eigenvalue weighted by Crippen LogP contribution is -2.81. The summed E-state index contributed by atoms with van der Waals surface area (Å²) in [6.07, 6.45) is 7.13. The molecule has 1 N–H and O–H groups in total. The predicted octanol–water partition coefficient (Wildman–Crippen LogP) is 7.08. The molecule has 5 fully saturated rings. The summed E-state index contributed by atoms with van der Waals surface area (Å²) in [7, 11) is 6.26. The number of hydrogen-bond acceptors (Lipinski definition) is 14. The fraction of sp³-hybridized carbons (Fsp3) is 0.579. The van der Waals surface area contributed by atoms with Crippen LogP contribution in [0, 0.1) is 11.3 Å². The van der Waals surface area contributed by atoms with Crippen molar-refractivity contribution >= 4 is 35.0 Å². The largest absolute Gasteiger partial charge is 0.496 e. The van der Waals surface area contributed by atoms with Crippen molar-refractivity contribution in [2.75, 3.05) is 59.5 Å². The lowest BCUT2D eigenvalue weighted by molar-refractivity contribution is -0.228. The van der Waals surface area contributed by atoms with Gasteiger partial charge in [0.05, 0.1) is 56.4 Å². The number of methoxy groups -OCH3 is 3. The Balaban J connectivity index is 1.19. The van der Waals surface area contributed by atoms with E-state index >= 15 is 4.79 Å². The van der Waals surface area contributed by atoms with Gasteiger partial charge in [-0.3, -0.25) is 24.4 Å². The smallest absolute Gasteiger partial charge is 0.344 e. The molecule has 0 amide bonds. The van der Waals surface area contributed by atoms with E-state index in [2.05, 4.69) is 83.5 Å². The van der Waals surface area contributed by atoms with Crippen LogP contribution in [0.5, 0.6) is 5.75 Å². The number of ether oxygens (including phenoxy) is 6. The number of likely N-dealkylation sites (N-methyl/N-ethyl adjacent to an activating group) is 1. The number of carbonyl (C=O) groups excluding carboxylic acids is 3. The van der Waals surface area contributed by atoms with Crippen LogP contribution in [0.3, 0.4) is 0 Å². The van der Waals surface area contributed by atoms with E-state index in [1.165, 1.54) is 26.7 Å². The number of carbonyl (C=O) groups is 3. The van der Waals surface area contributed by atoms with Gasteiger partial charge in [0.1, 0.15) is 11.2 Å². The van der Waals surface area contributed by atoms with Crippen molar-refractivity contribution in [3.63, 3.8) is 0 Å². The molecule has 14 nitrogen and oxygen atoms in total. The quantitative estimate of drug-likeness (QED) is 0.119. The highest BCUT2D eigenvalue weighted by Gasteiger charge is 2.81. The van der Waals surface area contributed by atoms with Gasteiger partial charge in [-0.25, -0.2) is 4.79 Å². The molecule has 0 aromatic heterocycles. The van der Waals surface area contributed by atoms with E-state index in [9.17, 15) is 14.7 Å². The maximum Gasteiger partial charge on any atom is 0.344 e. The van der Waals surface area contributed by atoms with Crippen molar-refractivity contribution in [2.45, 2.75) is 144 Å². The van der Waals surface area contributed by atoms with Gasteiger partial charge in [-0.1, -0.05) is 74.5 Å². The molecule has 14 heteroatoms. The number of anilines is 1. The van der Waals surface area contributed by atoms with E-state index in [1.54, 1.807) is 7.11 Å². The molecular formula is C57H70N4O10. The molecule has 8 aliphatic rings. The summed E-state index contributed by atoms with van der Waals surface area (Å²) < 4.78 is 38.0. The van der Waals surface area contributed by atoms with Crippen LogP contribution in [0.4, 0.5) is 11.4 Å². The highest BCUT2D eigenvalue weighted by atomic mass is 16.8. The molecule has 2 aliphatic carbocycles. The average Bonchev–Trinajstić information content (AvgIpc) is 4.09. The van der Waals surface area contributed by atoms with Crippen molar-refractivity contribution in [3.05, 3.63) is 101 Å². The summed E-state index contributed by atoms with van der Waals surface area (Å²) in [4.78, 5) is 56.7. The van der Waals surface area contributed by atoms with E-state index in [0.29, 0.717) is 69.7 Å². The predicted molar refractivity (Wildman–Crippen MR) is 267 cm³/mol. The summed E-state index contributed by atoms with van der Waals surface area (Å²) in [5.41, 5.74) is -1.00. The minimum atomic E-state index is -2.33. The summed E-state index contributed by atoms with van der Waals surface area (Å²) in [6.45, 7) is 12.8. The Morgan fingerprint density at radius 2 is 1.63 bits per heavy atom. The van der Waals surface area contributed by atoms with Crippen molar-refractivity contribution in [1.29, 1.82) is 0 Å². The number of esters is 3. The summed E-state index contributed by atoms with van der Waals surface area (Å²) >= 11 is 0. The molecule has 0 unspecified atom stereocenters. The lowest BCUT2D eigenvalue weighted by Gasteiger charge is -2.63. The van der Waals surface area contributed by atoms with Crippen LogP contribution < -0.4 is 9.64 Å². The molecule has 0 radical (unpaired) electrons. The number of piperidine rings is 1. The molecule has 11 atom stereocenters. The normalized spacial score (nSPS) is 37.2. The number of fused-ring (bicyclic) bond motifs is 2. The van der Waals surface area contributed by atoms with Crippen LogP contribution >= 0.6 is 0 Å². The molecule has 2 spiro atoms. The van der Waals surface area contributed by atoms with Crippen molar-refractivity contribution in [1.82, 2.24) is 9.80 Å². The maximum atomic E-state index is 16.0. The highest BCUT2D eigenvalue weighted by Crippen LogP contribution is 2.69. The Morgan fingerprint density at radius 3 is 2.31 bits per heavy atom. The first-order valence-corrected chi connectivity index (χ1v) is 25.8. The van der Waals surface area contributed by atoms with Crippen LogP contribution in [0.2, 0.25) is 0 Å². The third kappa shape index (κ3) is 6.36. The molecule has 3 saturated heterocycles. The van der Waals surface area contributed by atoms with Crippen LogP contribution in [0.25, 0.3) is 0 Å². The number of aliphatic hydroxyl groups is 1. The van der Waals surface area contributed by atoms with Gasteiger partial charge in [-0.05, 0) is 107 Å². The van der Waals surface area contributed by atoms with Crippen LogP contribution in [0.15, 0.2) is 83.9 Å². The molecular weight excluding hydrogens is 901 g/mol. The molecule has 6 aliphatic heterocycles. The Morgan fingerprint density at radius 1 is 0.887 bits per heavy atom. The fourth-order valence-corrected chi connectivity index (χ4v) is 16.5. The third-order valence-electron chi connectivity index (χ3n) is 18.7. The second-order valence-electron chi connectivity index (χ2n) is 22.3. The molecule has 71 heavy (non-hydrogen) atoms. The number of nitrogens with zero attached hydrogens (tertiary/aromatic N) is 4. The standard InChI is InChI=1S/C57H70N4O10/c1-10-52(34-69-51(4,5)71-52)31-37-32-56(49(63)67-8,45-54(38-21-15-16-22-41(38)58-45)24-18-27-61(44(37)54)33-36-19-13-12-14-20-36)40-29-39-42(30-43(40)66-7)59(6)47-55(39)25-28-60-26-17-23-53(11-2,46(55)60)48(70-35(3)62)57(47,65)50(64)68-9/h12-17,19-23,29-30,37,44,46-48,65H,10-11,18,24-28,31-34H2,1-9H3/t37-,44+,46-,47+,48+,52-,53+,54-,55+,56-,57-/m0/s1. The van der Waals surface area contributed by atoms with Crippen molar-refractivity contribution < 1.29 is 47.9 Å². The minimum absolute atomic E-state index is 0.101. The third-order valence-corrected chi connectivity index (χ3v) is 18.7. The van der Waals surface area contributed by atoms with E-state index in [0.717, 1.165) is 47.6 Å². The molecule has 6 heterocycles. The van der Waals surface area contributed by atoms with E-state index in [4.69, 9.17) is 33.4 Å². The molecule has 378 valence electrons. The van der Waals surface area contributed by atoms with Gasteiger partial charge in [-0.2, -0.15) is 0 Å². The highest BCUT2D eigenvalue weighted by molar-refractivity contribution is 6.21. The van der Waals surface area contributed by atoms with Gasteiger partial charge < -0.3 is 38.4 Å². The first-order chi connectivity index (χ1) is 34.0. The number of hydrogen-bond donors (Lipinski definition) is 1. The second kappa shape index (κ2) is 16.7. The zero-order valence-corrected chi connectivity index (χ0v) is 42.8. The molecule has 3 aromatic carbocycles. The van der Waals surface area contributed by atoms with Gasteiger partial charge in [0.25, 0.3) is 0 Å². The van der Waals surface area contributed by atoms with Gasteiger partial charge in [-0.15, -0.1) is 0 Å². The first-order valence-electron chi connectivity index (χ1n) is 25.8. The van der Waals surface area contributed by atoms with E-state index in [-0.39, 0.29) is 18.0 Å². The number of para-hydroxylation sites is 1. The summed E-state index contributed by atoms with van der Waals surface area (Å²) in [5, 5.41) is 13.6. The average molecular weight is 971 g/mol. The molecule has 2 saturated carbocycles. The Kier molecular flexibility index (Phi) is 11.3. The molecule has 11 rings (SSSR count). The van der Waals surface area contributed by atoms with Crippen LogP contribution in [0.1, 0.15) is 102 Å². The van der Waals surface area contributed by atoms with Crippen molar-refractivity contribution in [2.24, 2.45) is 16.3 Å².